The maximum Gasteiger partial charge on any atom is 0.191 e. The van der Waals surface area contributed by atoms with Crippen LogP contribution >= 0.6 is 0 Å². The predicted octanol–water partition coefficient (Wildman–Crippen LogP) is 3.09. The summed E-state index contributed by atoms with van der Waals surface area (Å²) in [6.45, 7) is 8.41. The number of aromatic nitrogens is 1. The van der Waals surface area contributed by atoms with Crippen molar-refractivity contribution in [3.63, 3.8) is 0 Å². The molecule has 1 aromatic carbocycles. The lowest BCUT2D eigenvalue weighted by atomic mass is 9.99. The minimum Gasteiger partial charge on any atom is -0.355 e. The molecule has 0 spiro atoms. The largest absolute Gasteiger partial charge is 0.355 e. The summed E-state index contributed by atoms with van der Waals surface area (Å²) in [4.78, 5) is 6.95. The number of hydrogen-bond acceptors (Lipinski definition) is 2. The van der Waals surface area contributed by atoms with E-state index in [2.05, 4.69) is 68.7 Å². The summed E-state index contributed by atoms with van der Waals surface area (Å²) < 4.78 is 2.16. The SMILES string of the molecule is CN=C(NCCn1cccc1)NCc1ccccc1CN1CCCC(C)C1. The molecule has 5 nitrogen and oxygen atoms in total. The van der Waals surface area contributed by atoms with Gasteiger partial charge in [-0.1, -0.05) is 31.2 Å². The third-order valence-corrected chi connectivity index (χ3v) is 5.25. The Bertz CT molecular complexity index is 707. The standard InChI is InChI=1S/C22H33N5/c1-19-8-7-14-27(17-19)18-21-10-4-3-9-20(21)16-25-22(23-2)24-11-15-26-12-5-6-13-26/h3-6,9-10,12-13,19H,7-8,11,14-18H2,1-2H3,(H2,23,24,25). The van der Waals surface area contributed by atoms with E-state index >= 15 is 0 Å². The fraction of sp³-hybridized carbons (Fsp3) is 0.500. The van der Waals surface area contributed by atoms with Crippen LogP contribution in [0.25, 0.3) is 0 Å². The minimum absolute atomic E-state index is 0.794. The van der Waals surface area contributed by atoms with Crippen molar-refractivity contribution >= 4 is 5.96 Å². The van der Waals surface area contributed by atoms with E-state index in [1.165, 1.54) is 37.1 Å². The number of nitrogens with one attached hydrogen (secondary N) is 2. The molecule has 3 rings (SSSR count). The lowest BCUT2D eigenvalue weighted by Crippen LogP contribution is -2.38. The van der Waals surface area contributed by atoms with Gasteiger partial charge in [0.15, 0.2) is 5.96 Å². The molecule has 0 amide bonds. The number of benzene rings is 1. The Labute approximate surface area is 163 Å². The summed E-state index contributed by atoms with van der Waals surface area (Å²) in [5, 5.41) is 6.86. The van der Waals surface area contributed by atoms with Gasteiger partial charge in [0.2, 0.25) is 0 Å². The van der Waals surface area contributed by atoms with Gasteiger partial charge in [0.1, 0.15) is 0 Å². The van der Waals surface area contributed by atoms with Crippen LogP contribution in [-0.2, 0) is 19.6 Å². The number of rotatable bonds is 7. The summed E-state index contributed by atoms with van der Waals surface area (Å²) >= 11 is 0. The van der Waals surface area contributed by atoms with Crippen LogP contribution in [0.5, 0.6) is 0 Å². The van der Waals surface area contributed by atoms with Gasteiger partial charge in [0.05, 0.1) is 0 Å². The molecule has 146 valence electrons. The topological polar surface area (TPSA) is 44.6 Å². The van der Waals surface area contributed by atoms with Crippen LogP contribution in [0.2, 0.25) is 0 Å². The van der Waals surface area contributed by atoms with Gasteiger partial charge >= 0.3 is 0 Å². The van der Waals surface area contributed by atoms with E-state index < -0.39 is 0 Å². The molecule has 0 bridgehead atoms. The van der Waals surface area contributed by atoms with Crippen LogP contribution in [0, 0.1) is 5.92 Å². The van der Waals surface area contributed by atoms with E-state index in [9.17, 15) is 0 Å². The summed E-state index contributed by atoms with van der Waals surface area (Å²) in [7, 11) is 1.83. The number of piperidine rings is 1. The molecule has 1 fully saturated rings. The second kappa shape index (κ2) is 10.2. The van der Waals surface area contributed by atoms with Crippen molar-refractivity contribution in [2.45, 2.75) is 39.4 Å². The Kier molecular flexibility index (Phi) is 7.34. The van der Waals surface area contributed by atoms with Gasteiger partial charge < -0.3 is 15.2 Å². The van der Waals surface area contributed by atoms with Crippen LogP contribution in [0.3, 0.4) is 0 Å². The molecular weight excluding hydrogens is 334 g/mol. The second-order valence-corrected chi connectivity index (χ2v) is 7.52. The number of hydrogen-bond donors (Lipinski definition) is 2. The van der Waals surface area contributed by atoms with E-state index in [0.717, 1.165) is 38.1 Å². The first kappa shape index (κ1) is 19.5. The minimum atomic E-state index is 0.794. The Hall–Kier alpha value is -2.27. The zero-order valence-corrected chi connectivity index (χ0v) is 16.7. The molecule has 1 saturated heterocycles. The molecule has 1 aliphatic rings. The average Bonchev–Trinajstić information content (AvgIpc) is 3.19. The Morgan fingerprint density at radius 2 is 1.89 bits per heavy atom. The third kappa shape index (κ3) is 6.14. The number of nitrogens with zero attached hydrogens (tertiary/aromatic N) is 3. The second-order valence-electron chi connectivity index (χ2n) is 7.52. The molecular formula is C22H33N5. The molecule has 0 radical (unpaired) electrons. The highest BCUT2D eigenvalue weighted by atomic mass is 15.2. The zero-order chi connectivity index (χ0) is 18.9. The van der Waals surface area contributed by atoms with Crippen molar-refractivity contribution in [2.75, 3.05) is 26.7 Å². The molecule has 0 saturated carbocycles. The molecule has 2 heterocycles. The van der Waals surface area contributed by atoms with Crippen molar-refractivity contribution in [1.82, 2.24) is 20.1 Å². The molecule has 27 heavy (non-hydrogen) atoms. The summed E-state index contributed by atoms with van der Waals surface area (Å²) in [5.41, 5.74) is 2.77. The van der Waals surface area contributed by atoms with Gasteiger partial charge in [-0.2, -0.15) is 0 Å². The van der Waals surface area contributed by atoms with Gasteiger partial charge in [0, 0.05) is 52.2 Å². The third-order valence-electron chi connectivity index (χ3n) is 5.25. The molecule has 2 N–H and O–H groups in total. The Morgan fingerprint density at radius 1 is 1.11 bits per heavy atom. The normalized spacial score (nSPS) is 18.4. The molecule has 1 atom stereocenters. The van der Waals surface area contributed by atoms with Crippen molar-refractivity contribution in [3.8, 4) is 0 Å². The molecule has 1 aromatic heterocycles. The lowest BCUT2D eigenvalue weighted by molar-refractivity contribution is 0.176. The van der Waals surface area contributed by atoms with Crippen molar-refractivity contribution < 1.29 is 0 Å². The number of likely N-dealkylation sites (tertiary alicyclic amines) is 1. The summed E-state index contributed by atoms with van der Waals surface area (Å²) in [6, 6.07) is 12.9. The van der Waals surface area contributed by atoms with Crippen LogP contribution in [0.4, 0.5) is 0 Å². The highest BCUT2D eigenvalue weighted by Crippen LogP contribution is 2.19. The van der Waals surface area contributed by atoms with Crippen LogP contribution in [-0.4, -0.2) is 42.1 Å². The monoisotopic (exact) mass is 367 g/mol. The van der Waals surface area contributed by atoms with Crippen molar-refractivity contribution in [1.29, 1.82) is 0 Å². The molecule has 0 aliphatic carbocycles. The van der Waals surface area contributed by atoms with E-state index in [0.29, 0.717) is 0 Å². The summed E-state index contributed by atoms with van der Waals surface area (Å²) in [6.07, 6.45) is 6.84. The highest BCUT2D eigenvalue weighted by Gasteiger charge is 2.17. The molecule has 1 aliphatic heterocycles. The average molecular weight is 368 g/mol. The fourth-order valence-electron chi connectivity index (χ4n) is 3.78. The number of guanidine groups is 1. The maximum absolute atomic E-state index is 4.35. The predicted molar refractivity (Wildman–Crippen MR) is 113 cm³/mol. The van der Waals surface area contributed by atoms with Gasteiger partial charge in [-0.25, -0.2) is 0 Å². The molecule has 5 heteroatoms. The maximum atomic E-state index is 4.35. The van der Waals surface area contributed by atoms with Crippen molar-refractivity contribution in [2.24, 2.45) is 10.9 Å². The van der Waals surface area contributed by atoms with Gasteiger partial charge in [-0.15, -0.1) is 0 Å². The molecule has 2 aromatic rings. The van der Waals surface area contributed by atoms with Crippen LogP contribution < -0.4 is 10.6 Å². The van der Waals surface area contributed by atoms with E-state index in [4.69, 9.17) is 0 Å². The Morgan fingerprint density at radius 3 is 2.63 bits per heavy atom. The van der Waals surface area contributed by atoms with Crippen molar-refractivity contribution in [3.05, 3.63) is 59.9 Å². The van der Waals surface area contributed by atoms with Crippen LogP contribution in [0.1, 0.15) is 30.9 Å². The van der Waals surface area contributed by atoms with Gasteiger partial charge in [0.25, 0.3) is 0 Å². The van der Waals surface area contributed by atoms with E-state index in [1.54, 1.807) is 0 Å². The first-order chi connectivity index (χ1) is 13.2. The fourth-order valence-corrected chi connectivity index (χ4v) is 3.78. The lowest BCUT2D eigenvalue weighted by Gasteiger charge is -2.31. The zero-order valence-electron chi connectivity index (χ0n) is 16.7. The highest BCUT2D eigenvalue weighted by molar-refractivity contribution is 5.79. The first-order valence-corrected chi connectivity index (χ1v) is 10.1. The van der Waals surface area contributed by atoms with E-state index in [-0.39, 0.29) is 0 Å². The van der Waals surface area contributed by atoms with Gasteiger partial charge in [-0.05, 0) is 48.6 Å². The quantitative estimate of drug-likeness (QED) is 0.584. The Balaban J connectivity index is 1.50. The van der Waals surface area contributed by atoms with Crippen LogP contribution in [0.15, 0.2) is 53.8 Å². The number of aliphatic imine (C=N–C) groups is 1. The van der Waals surface area contributed by atoms with E-state index in [1.807, 2.05) is 19.2 Å². The smallest absolute Gasteiger partial charge is 0.191 e. The molecule has 1 unspecified atom stereocenters. The van der Waals surface area contributed by atoms with Gasteiger partial charge in [-0.3, -0.25) is 9.89 Å². The first-order valence-electron chi connectivity index (χ1n) is 10.1. The summed E-state index contributed by atoms with van der Waals surface area (Å²) in [5.74, 6) is 1.66.